The van der Waals surface area contributed by atoms with Crippen LogP contribution in [0.2, 0.25) is 0 Å². The Hall–Kier alpha value is -5.95. The van der Waals surface area contributed by atoms with Gasteiger partial charge in [-0.05, 0) is 56.6 Å². The van der Waals surface area contributed by atoms with Gasteiger partial charge in [0.05, 0.1) is 28.4 Å². The molecule has 0 spiro atoms. The molecule has 1 heterocycles. The number of hydrogen-bond acceptors (Lipinski definition) is 1. The van der Waals surface area contributed by atoms with Crippen molar-refractivity contribution in [2.75, 3.05) is 0 Å². The van der Waals surface area contributed by atoms with E-state index in [1.165, 1.54) is 53.7 Å². The molecule has 0 aliphatic rings. The van der Waals surface area contributed by atoms with Crippen molar-refractivity contribution in [3.05, 3.63) is 188 Å². The van der Waals surface area contributed by atoms with Crippen molar-refractivity contribution in [3.8, 4) is 22.9 Å². The second kappa shape index (κ2) is 11.5. The van der Waals surface area contributed by atoms with Gasteiger partial charge >= 0.3 is 0 Å². The minimum atomic E-state index is -2.95. The first-order chi connectivity index (χ1) is 22.8. The third kappa shape index (κ3) is 4.31. The van der Waals surface area contributed by atoms with Crippen LogP contribution in [0.5, 0.6) is 0 Å². The van der Waals surface area contributed by atoms with Crippen molar-refractivity contribution in [2.24, 2.45) is 0 Å². The molecule has 2 nitrogen and oxygen atoms in total. The Kier molecular flexibility index (Phi) is 6.91. The van der Waals surface area contributed by atoms with Crippen molar-refractivity contribution in [1.29, 1.82) is 5.26 Å². The van der Waals surface area contributed by atoms with Crippen LogP contribution in [0.15, 0.2) is 182 Å². The van der Waals surface area contributed by atoms with Crippen molar-refractivity contribution in [1.82, 2.24) is 4.57 Å². The molecule has 1 aromatic heterocycles. The molecule has 0 unspecified atom stereocenters. The monoisotopic (exact) mass is 602 g/mol. The Morgan fingerprint density at radius 3 is 1.57 bits per heavy atom. The topological polar surface area (TPSA) is 28.7 Å². The Morgan fingerprint density at radius 2 is 0.935 bits per heavy atom. The average molecular weight is 603 g/mol. The molecule has 0 atom stereocenters. The number of rotatable bonds is 6. The largest absolute Gasteiger partial charge is 0.309 e. The fraction of sp³-hybridized carbons (Fsp3) is 0. The molecule has 0 N–H and O–H groups in total. The summed E-state index contributed by atoms with van der Waals surface area (Å²) in [5.74, 6) is 0. The van der Waals surface area contributed by atoms with Crippen LogP contribution in [-0.4, -0.2) is 12.6 Å². The SMILES string of the molecule is N#Cc1cccc([Si](c2ccccc2)(c2ccccc2)c2ccccc2-c2ccccc2-n2c3ccccc3c3ccccc32)c1. The summed E-state index contributed by atoms with van der Waals surface area (Å²) in [6.45, 7) is 0. The third-order valence-corrected chi connectivity index (χ3v) is 14.0. The quantitative estimate of drug-likeness (QED) is 0.142. The molecule has 0 saturated carbocycles. The summed E-state index contributed by atoms with van der Waals surface area (Å²) in [6, 6.07) is 67.6. The van der Waals surface area contributed by atoms with Crippen molar-refractivity contribution in [2.45, 2.75) is 0 Å². The summed E-state index contributed by atoms with van der Waals surface area (Å²) in [4.78, 5) is 0. The van der Waals surface area contributed by atoms with E-state index < -0.39 is 8.07 Å². The molecule has 0 saturated heterocycles. The van der Waals surface area contributed by atoms with E-state index in [0.29, 0.717) is 5.56 Å². The Bertz CT molecular complexity index is 2290. The molecular weight excluding hydrogens is 573 g/mol. The van der Waals surface area contributed by atoms with Crippen LogP contribution in [0.1, 0.15) is 5.56 Å². The van der Waals surface area contributed by atoms with Crippen LogP contribution < -0.4 is 20.7 Å². The van der Waals surface area contributed by atoms with E-state index in [4.69, 9.17) is 0 Å². The van der Waals surface area contributed by atoms with E-state index in [1.54, 1.807) is 0 Å². The molecule has 7 aromatic carbocycles. The van der Waals surface area contributed by atoms with Gasteiger partial charge in [0.15, 0.2) is 8.07 Å². The molecule has 0 aliphatic heterocycles. The van der Waals surface area contributed by atoms with Crippen LogP contribution in [0.4, 0.5) is 0 Å². The number of fused-ring (bicyclic) bond motifs is 3. The predicted molar refractivity (Wildman–Crippen MR) is 195 cm³/mol. The molecule has 0 fully saturated rings. The highest BCUT2D eigenvalue weighted by Crippen LogP contribution is 2.36. The van der Waals surface area contributed by atoms with Gasteiger partial charge in [-0.1, -0.05) is 152 Å². The number of para-hydroxylation sites is 3. The van der Waals surface area contributed by atoms with Gasteiger partial charge in [-0.25, -0.2) is 0 Å². The van der Waals surface area contributed by atoms with Gasteiger partial charge in [0.25, 0.3) is 0 Å². The van der Waals surface area contributed by atoms with E-state index in [9.17, 15) is 5.26 Å². The lowest BCUT2D eigenvalue weighted by atomic mass is 10.0. The van der Waals surface area contributed by atoms with Crippen LogP contribution in [0.25, 0.3) is 38.6 Å². The van der Waals surface area contributed by atoms with Gasteiger partial charge < -0.3 is 4.57 Å². The van der Waals surface area contributed by atoms with Crippen molar-refractivity contribution >= 4 is 50.6 Å². The Labute approximate surface area is 270 Å². The highest BCUT2D eigenvalue weighted by atomic mass is 28.3. The molecule has 8 rings (SSSR count). The second-order valence-electron chi connectivity index (χ2n) is 11.6. The van der Waals surface area contributed by atoms with Gasteiger partial charge in [-0.15, -0.1) is 0 Å². The molecular formula is C43H30N2Si. The maximum absolute atomic E-state index is 10.0. The number of nitrogens with zero attached hydrogens (tertiary/aromatic N) is 2. The second-order valence-corrected chi connectivity index (χ2v) is 15.4. The van der Waals surface area contributed by atoms with Crippen LogP contribution in [0.3, 0.4) is 0 Å². The minimum absolute atomic E-state index is 0.671. The molecule has 216 valence electrons. The van der Waals surface area contributed by atoms with E-state index >= 15 is 0 Å². The van der Waals surface area contributed by atoms with Crippen molar-refractivity contribution in [3.63, 3.8) is 0 Å². The standard InChI is InChI=1S/C43H30N2Si/c44-31-32-16-15-21-35(30-32)46(33-17-3-1-4-18-33,34-19-5-2-6-20-34)43-29-14-10-25-39(43)38-24-9-13-28-42(38)45-40-26-11-7-22-36(40)37-23-8-12-27-41(37)45/h1-30H. The summed E-state index contributed by atoms with van der Waals surface area (Å²) >= 11 is 0. The smallest absolute Gasteiger partial charge is 0.180 e. The zero-order chi connectivity index (χ0) is 30.9. The van der Waals surface area contributed by atoms with Gasteiger partial charge in [0, 0.05) is 16.3 Å². The summed E-state index contributed by atoms with van der Waals surface area (Å²) < 4.78 is 2.42. The van der Waals surface area contributed by atoms with Crippen LogP contribution in [0, 0.1) is 11.3 Å². The first kappa shape index (κ1) is 27.6. The van der Waals surface area contributed by atoms with Gasteiger partial charge in [0.2, 0.25) is 0 Å². The summed E-state index contributed by atoms with van der Waals surface area (Å²) in [5, 5.41) is 17.6. The predicted octanol–water partition coefficient (Wildman–Crippen LogP) is 7.70. The van der Waals surface area contributed by atoms with Crippen LogP contribution >= 0.6 is 0 Å². The fourth-order valence-electron chi connectivity index (χ4n) is 7.29. The first-order valence-corrected chi connectivity index (χ1v) is 17.6. The van der Waals surface area contributed by atoms with Crippen molar-refractivity contribution < 1.29 is 0 Å². The summed E-state index contributed by atoms with van der Waals surface area (Å²) in [5.41, 5.74) is 6.55. The molecule has 0 bridgehead atoms. The molecule has 0 amide bonds. The number of benzene rings is 7. The van der Waals surface area contributed by atoms with Crippen LogP contribution in [-0.2, 0) is 0 Å². The highest BCUT2D eigenvalue weighted by molar-refractivity contribution is 7.20. The molecule has 8 aromatic rings. The maximum atomic E-state index is 10.0. The zero-order valence-electron chi connectivity index (χ0n) is 25.2. The number of nitriles is 1. The average Bonchev–Trinajstić information content (AvgIpc) is 3.47. The van der Waals surface area contributed by atoms with E-state index in [1.807, 2.05) is 12.1 Å². The fourth-order valence-corrected chi connectivity index (χ4v) is 12.3. The lowest BCUT2D eigenvalue weighted by Gasteiger charge is -2.36. The summed E-state index contributed by atoms with van der Waals surface area (Å²) in [7, 11) is -2.95. The van der Waals surface area contributed by atoms with Gasteiger partial charge in [-0.3, -0.25) is 0 Å². The lowest BCUT2D eigenvalue weighted by Crippen LogP contribution is -2.75. The van der Waals surface area contributed by atoms with Gasteiger partial charge in [-0.2, -0.15) is 5.26 Å². The molecule has 0 radical (unpaired) electrons. The number of aromatic nitrogens is 1. The van der Waals surface area contributed by atoms with E-state index in [-0.39, 0.29) is 0 Å². The number of hydrogen-bond donors (Lipinski definition) is 0. The Morgan fingerprint density at radius 1 is 0.435 bits per heavy atom. The normalized spacial score (nSPS) is 11.5. The van der Waals surface area contributed by atoms with E-state index in [0.717, 1.165) is 5.69 Å². The maximum Gasteiger partial charge on any atom is 0.180 e. The third-order valence-electron chi connectivity index (χ3n) is 9.18. The van der Waals surface area contributed by atoms with E-state index in [2.05, 4.69) is 180 Å². The molecule has 46 heavy (non-hydrogen) atoms. The highest BCUT2D eigenvalue weighted by Gasteiger charge is 2.43. The molecule has 0 aliphatic carbocycles. The first-order valence-electron chi connectivity index (χ1n) is 15.6. The minimum Gasteiger partial charge on any atom is -0.309 e. The zero-order valence-corrected chi connectivity index (χ0v) is 26.2. The Balaban J connectivity index is 1.50. The lowest BCUT2D eigenvalue weighted by molar-refractivity contribution is 1.18. The van der Waals surface area contributed by atoms with Gasteiger partial charge in [0.1, 0.15) is 0 Å². The molecule has 3 heteroatoms. The summed E-state index contributed by atoms with van der Waals surface area (Å²) in [6.07, 6.45) is 0.